The molecule has 0 radical (unpaired) electrons. The molecule has 0 aliphatic carbocycles. The lowest BCUT2D eigenvalue weighted by molar-refractivity contribution is 0.0526. The van der Waals surface area contributed by atoms with Gasteiger partial charge in [-0.2, -0.15) is 0 Å². The van der Waals surface area contributed by atoms with Gasteiger partial charge in [-0.1, -0.05) is 99.6 Å². The van der Waals surface area contributed by atoms with Gasteiger partial charge < -0.3 is 14.3 Å². The molecule has 4 aromatic carbocycles. The predicted octanol–water partition coefficient (Wildman–Crippen LogP) is 8.61. The normalized spacial score (nSPS) is 12.1. The van der Waals surface area contributed by atoms with Crippen LogP contribution in [0.4, 0.5) is 4.79 Å². The molecule has 8 heteroatoms. The van der Waals surface area contributed by atoms with Gasteiger partial charge in [-0.05, 0) is 64.7 Å². The zero-order valence-corrected chi connectivity index (χ0v) is 28.5. The molecule has 6 rings (SSSR count). The Bertz CT molecular complexity index is 2020. The summed E-state index contributed by atoms with van der Waals surface area (Å²) in [6.07, 6.45) is -1.05. The van der Waals surface area contributed by atoms with E-state index in [1.807, 2.05) is 61.5 Å². The van der Waals surface area contributed by atoms with Crippen molar-refractivity contribution in [3.05, 3.63) is 120 Å². The van der Waals surface area contributed by atoms with Crippen LogP contribution in [-0.4, -0.2) is 36.7 Å². The van der Waals surface area contributed by atoms with Gasteiger partial charge in [0, 0.05) is 15.5 Å². The molecule has 0 bridgehead atoms. The quantitative estimate of drug-likeness (QED) is 0.132. The SMILES string of the molecule is CCOC(=O)c1cc(CO[Si](c2ccccc2)(c2ccccc2)C(C)(C)C)c2c(C)c(-c3cc4ccccc4n3C(=O)O)sc2c1. The van der Waals surface area contributed by atoms with Gasteiger partial charge in [0.2, 0.25) is 0 Å². The van der Waals surface area contributed by atoms with Crippen molar-refractivity contribution in [3.63, 3.8) is 0 Å². The molecule has 1 N–H and O–H groups in total. The fraction of sp³-hybridized carbons (Fsp3) is 0.211. The maximum absolute atomic E-state index is 13.1. The lowest BCUT2D eigenvalue weighted by atomic mass is 10.0. The van der Waals surface area contributed by atoms with Gasteiger partial charge in [0.05, 0.1) is 34.9 Å². The van der Waals surface area contributed by atoms with Crippen molar-refractivity contribution in [2.75, 3.05) is 6.61 Å². The second-order valence-electron chi connectivity index (χ2n) is 12.4. The van der Waals surface area contributed by atoms with E-state index in [9.17, 15) is 14.7 Å². The second kappa shape index (κ2) is 12.4. The summed E-state index contributed by atoms with van der Waals surface area (Å²) in [5, 5.41) is 14.2. The van der Waals surface area contributed by atoms with Crippen molar-refractivity contribution in [1.29, 1.82) is 0 Å². The van der Waals surface area contributed by atoms with Gasteiger partial charge in [-0.25, -0.2) is 14.2 Å². The highest BCUT2D eigenvalue weighted by atomic mass is 32.1. The Hall–Kier alpha value is -4.50. The minimum absolute atomic E-state index is 0.231. The van der Waals surface area contributed by atoms with Crippen molar-refractivity contribution in [2.24, 2.45) is 0 Å². The van der Waals surface area contributed by atoms with E-state index in [1.165, 1.54) is 26.3 Å². The van der Waals surface area contributed by atoms with Crippen LogP contribution < -0.4 is 10.4 Å². The van der Waals surface area contributed by atoms with E-state index in [0.29, 0.717) is 16.8 Å². The number of carbonyl (C=O) groups excluding carboxylic acids is 1. The Balaban J connectivity index is 1.56. The van der Waals surface area contributed by atoms with E-state index >= 15 is 0 Å². The second-order valence-corrected chi connectivity index (χ2v) is 17.8. The first-order valence-electron chi connectivity index (χ1n) is 15.4. The lowest BCUT2D eigenvalue weighted by Gasteiger charge is -2.43. The van der Waals surface area contributed by atoms with E-state index < -0.39 is 20.4 Å². The molecule has 2 heterocycles. The zero-order valence-electron chi connectivity index (χ0n) is 26.7. The highest BCUT2D eigenvalue weighted by Crippen LogP contribution is 2.43. The van der Waals surface area contributed by atoms with Crippen LogP contribution in [0.5, 0.6) is 0 Å². The molecule has 0 atom stereocenters. The van der Waals surface area contributed by atoms with E-state index in [4.69, 9.17) is 9.16 Å². The van der Waals surface area contributed by atoms with E-state index in [1.54, 1.807) is 6.92 Å². The Kier molecular flexibility index (Phi) is 8.46. The maximum Gasteiger partial charge on any atom is 0.416 e. The monoisotopic (exact) mass is 647 g/mol. The minimum Gasteiger partial charge on any atom is -0.464 e. The minimum atomic E-state index is -2.89. The molecule has 0 saturated carbocycles. The van der Waals surface area contributed by atoms with Gasteiger partial charge in [-0.3, -0.25) is 0 Å². The number of rotatable bonds is 8. The number of aryl methyl sites for hydroxylation is 1. The van der Waals surface area contributed by atoms with Crippen LogP contribution in [0.3, 0.4) is 0 Å². The summed E-state index contributed by atoms with van der Waals surface area (Å²) in [4.78, 5) is 26.5. The molecule has 0 spiro atoms. The smallest absolute Gasteiger partial charge is 0.416 e. The standard InChI is InChI=1S/C38H37NO5SSi/c1-6-43-36(40)27-21-28(24-44-46(38(3,4)5,29-16-9-7-10-17-29)30-18-11-8-12-19-30)34-25(2)35(45-33(34)23-27)32-22-26-15-13-14-20-31(26)39(32)37(41)42/h7-23H,6,24H2,1-5H3,(H,41,42). The van der Waals surface area contributed by atoms with Crippen LogP contribution in [-0.2, 0) is 15.8 Å². The van der Waals surface area contributed by atoms with Gasteiger partial charge in [0.15, 0.2) is 0 Å². The van der Waals surface area contributed by atoms with E-state index in [0.717, 1.165) is 31.5 Å². The van der Waals surface area contributed by atoms with Crippen molar-refractivity contribution < 1.29 is 23.9 Å². The first-order chi connectivity index (χ1) is 22.1. The fourth-order valence-electron chi connectivity index (χ4n) is 6.65. The van der Waals surface area contributed by atoms with E-state index in [2.05, 4.69) is 69.3 Å². The number of ether oxygens (including phenoxy) is 1. The molecule has 6 aromatic rings. The van der Waals surface area contributed by atoms with Crippen molar-refractivity contribution in [1.82, 2.24) is 4.57 Å². The number of hydrogen-bond acceptors (Lipinski definition) is 5. The lowest BCUT2D eigenvalue weighted by Crippen LogP contribution is -2.66. The van der Waals surface area contributed by atoms with Crippen molar-refractivity contribution in [3.8, 4) is 10.6 Å². The van der Waals surface area contributed by atoms with Crippen molar-refractivity contribution in [2.45, 2.75) is 46.3 Å². The summed E-state index contributed by atoms with van der Waals surface area (Å²) in [7, 11) is -2.89. The molecule has 6 nitrogen and oxygen atoms in total. The number of nitrogens with zero attached hydrogens (tertiary/aromatic N) is 1. The first-order valence-corrected chi connectivity index (χ1v) is 18.1. The molecule has 234 valence electrons. The highest BCUT2D eigenvalue weighted by Gasteiger charge is 2.50. The third kappa shape index (κ3) is 5.36. The van der Waals surface area contributed by atoms with E-state index in [-0.39, 0.29) is 18.3 Å². The van der Waals surface area contributed by atoms with Crippen LogP contribution in [0.25, 0.3) is 31.6 Å². The molecule has 0 fully saturated rings. The predicted molar refractivity (Wildman–Crippen MR) is 189 cm³/mol. The number of carbonyl (C=O) groups is 2. The largest absolute Gasteiger partial charge is 0.464 e. The molecule has 0 aliphatic heterocycles. The summed E-state index contributed by atoms with van der Waals surface area (Å²) in [5.74, 6) is -0.400. The summed E-state index contributed by atoms with van der Waals surface area (Å²) < 4.78 is 15.0. The highest BCUT2D eigenvalue weighted by molar-refractivity contribution is 7.22. The number of aromatic nitrogens is 1. The zero-order chi connectivity index (χ0) is 32.6. The average Bonchev–Trinajstić information content (AvgIpc) is 3.59. The molecule has 0 unspecified atom stereocenters. The summed E-state index contributed by atoms with van der Waals surface area (Å²) >= 11 is 1.48. The third-order valence-electron chi connectivity index (χ3n) is 8.62. The number of thiophene rings is 1. The number of fused-ring (bicyclic) bond motifs is 2. The Morgan fingerprint density at radius 2 is 1.48 bits per heavy atom. The van der Waals surface area contributed by atoms with Crippen LogP contribution >= 0.6 is 11.3 Å². The maximum atomic E-state index is 13.1. The Labute approximate surface area is 274 Å². The van der Waals surface area contributed by atoms with Gasteiger partial charge >= 0.3 is 12.1 Å². The number of esters is 1. The topological polar surface area (TPSA) is 77.8 Å². The van der Waals surface area contributed by atoms with Crippen molar-refractivity contribution >= 4 is 63.1 Å². The van der Waals surface area contributed by atoms with Gasteiger partial charge in [-0.15, -0.1) is 11.3 Å². The Morgan fingerprint density at radius 3 is 2.07 bits per heavy atom. The fourth-order valence-corrected chi connectivity index (χ4v) is 12.5. The summed E-state index contributed by atoms with van der Waals surface area (Å²) in [5.41, 5.74) is 3.49. The molecule has 2 aromatic heterocycles. The molecular weight excluding hydrogens is 611 g/mol. The summed E-state index contributed by atoms with van der Waals surface area (Å²) in [6, 6.07) is 34.1. The molecule has 0 amide bonds. The van der Waals surface area contributed by atoms with Crippen LogP contribution in [0.1, 0.15) is 49.2 Å². The third-order valence-corrected chi connectivity index (χ3v) is 14.9. The average molecular weight is 648 g/mol. The molecule has 0 aliphatic rings. The number of carboxylic acid groups (broad SMARTS) is 1. The number of benzene rings is 4. The van der Waals surface area contributed by atoms with Crippen LogP contribution in [0.15, 0.2) is 103 Å². The summed E-state index contributed by atoms with van der Waals surface area (Å²) in [6.45, 7) is 11.1. The van der Waals surface area contributed by atoms with Gasteiger partial charge in [0.25, 0.3) is 8.32 Å². The molecule has 46 heavy (non-hydrogen) atoms. The van der Waals surface area contributed by atoms with Crippen LogP contribution in [0, 0.1) is 6.92 Å². The van der Waals surface area contributed by atoms with Crippen LogP contribution in [0.2, 0.25) is 5.04 Å². The number of para-hydroxylation sites is 1. The first kappa shape index (κ1) is 31.5. The Morgan fingerprint density at radius 1 is 0.870 bits per heavy atom. The number of hydrogen-bond donors (Lipinski definition) is 1. The molecular formula is C38H37NO5SSi. The molecule has 0 saturated heterocycles. The van der Waals surface area contributed by atoms with Gasteiger partial charge in [0.1, 0.15) is 0 Å².